The molecule has 0 saturated carbocycles. The third kappa shape index (κ3) is 4.99. The number of fused-ring (bicyclic) bond motifs is 1. The van der Waals surface area contributed by atoms with Gasteiger partial charge in [0.15, 0.2) is 5.82 Å². The van der Waals surface area contributed by atoms with Crippen LogP contribution in [0.4, 0.5) is 22.0 Å². The Hall–Kier alpha value is -3.20. The molecule has 0 fully saturated rings. The number of aromatic nitrogens is 2. The van der Waals surface area contributed by atoms with E-state index in [9.17, 15) is 17.6 Å². The summed E-state index contributed by atoms with van der Waals surface area (Å²) in [5.74, 6) is -1.35. The maximum Gasteiger partial charge on any atom is 0.573 e. The fourth-order valence-electron chi connectivity index (χ4n) is 3.79. The molecule has 4 rings (SSSR count). The van der Waals surface area contributed by atoms with Crippen molar-refractivity contribution >= 4 is 26.9 Å². The Labute approximate surface area is 195 Å². The minimum Gasteiger partial charge on any atom is -0.405 e. The molecule has 0 amide bonds. The van der Waals surface area contributed by atoms with Gasteiger partial charge in [0.2, 0.25) is 0 Å². The lowest BCUT2D eigenvalue weighted by molar-refractivity contribution is -0.274. The summed E-state index contributed by atoms with van der Waals surface area (Å²) in [4.78, 5) is 8.39. The fraction of sp³-hybridized carbons (Fsp3) is 0.200. The lowest BCUT2D eigenvalue weighted by Crippen LogP contribution is -2.17. The van der Waals surface area contributed by atoms with Gasteiger partial charge in [-0.1, -0.05) is 42.6 Å². The van der Waals surface area contributed by atoms with Gasteiger partial charge in [-0.05, 0) is 36.4 Å². The molecular weight excluding hydrogens is 471 g/mol. The van der Waals surface area contributed by atoms with Crippen LogP contribution in [0.3, 0.4) is 0 Å². The van der Waals surface area contributed by atoms with Crippen LogP contribution in [0.2, 0.25) is 0 Å². The number of hydrogen-bond acceptors (Lipinski definition) is 2. The number of alkyl halides is 3. The van der Waals surface area contributed by atoms with Crippen molar-refractivity contribution in [3.8, 4) is 16.9 Å². The van der Waals surface area contributed by atoms with E-state index in [0.717, 1.165) is 23.4 Å². The van der Waals surface area contributed by atoms with Crippen LogP contribution < -0.4 is 4.74 Å². The van der Waals surface area contributed by atoms with Crippen molar-refractivity contribution in [2.24, 2.45) is 0 Å². The first kappa shape index (κ1) is 23.9. The van der Waals surface area contributed by atoms with Crippen molar-refractivity contribution < 1.29 is 26.7 Å². The van der Waals surface area contributed by atoms with E-state index in [4.69, 9.17) is 0 Å². The minimum absolute atomic E-state index is 0.0755. The molecule has 0 aliphatic heterocycles. The van der Waals surface area contributed by atoms with Gasteiger partial charge in [0.1, 0.15) is 22.9 Å². The number of hydrogen-bond donors (Lipinski definition) is 1. The summed E-state index contributed by atoms with van der Waals surface area (Å²) in [6.07, 6.45) is -4.65. The first-order valence-electron chi connectivity index (χ1n) is 10.5. The first-order valence-corrected chi connectivity index (χ1v) is 12.0. The van der Waals surface area contributed by atoms with E-state index < -0.39 is 29.3 Å². The van der Waals surface area contributed by atoms with E-state index in [1.807, 2.05) is 31.2 Å². The van der Waals surface area contributed by atoms with Gasteiger partial charge in [0.05, 0.1) is 11.1 Å². The molecule has 1 unspecified atom stereocenters. The zero-order valence-electron chi connectivity index (χ0n) is 18.3. The number of imidazole rings is 1. The van der Waals surface area contributed by atoms with Crippen LogP contribution in [0.25, 0.3) is 22.2 Å². The third-order valence-corrected chi connectivity index (χ3v) is 7.36. The zero-order chi connectivity index (χ0) is 24.5. The van der Waals surface area contributed by atoms with Crippen molar-refractivity contribution in [2.75, 3.05) is 5.75 Å². The van der Waals surface area contributed by atoms with E-state index >= 15 is 4.39 Å². The summed E-state index contributed by atoms with van der Waals surface area (Å²) < 4.78 is 72.5. The second-order valence-electron chi connectivity index (χ2n) is 7.44. The number of aromatic amines is 1. The van der Waals surface area contributed by atoms with Crippen LogP contribution in [-0.4, -0.2) is 27.5 Å². The van der Waals surface area contributed by atoms with Crippen LogP contribution in [0.1, 0.15) is 25.2 Å². The molecule has 0 radical (unpaired) electrons. The van der Waals surface area contributed by atoms with Gasteiger partial charge in [0.25, 0.3) is 0 Å². The van der Waals surface area contributed by atoms with Gasteiger partial charge in [-0.15, -0.1) is 13.2 Å². The largest absolute Gasteiger partial charge is 0.573 e. The highest BCUT2D eigenvalue weighted by molar-refractivity contribution is 8.15. The Bertz CT molecular complexity index is 1360. The first-order chi connectivity index (χ1) is 16.2. The Morgan fingerprint density at radius 3 is 2.41 bits per heavy atom. The molecule has 0 aliphatic carbocycles. The number of halogens is 5. The average Bonchev–Trinajstić information content (AvgIpc) is 3.18. The van der Waals surface area contributed by atoms with Crippen LogP contribution >= 0.6 is 10.5 Å². The molecule has 0 bridgehead atoms. The minimum atomic E-state index is -5.00. The molecule has 178 valence electrons. The second kappa shape index (κ2) is 9.58. The summed E-state index contributed by atoms with van der Waals surface area (Å²) in [6, 6.07) is 13.9. The topological polar surface area (TPSA) is 37.9 Å². The Morgan fingerprint density at radius 2 is 1.76 bits per heavy atom. The predicted octanol–water partition coefficient (Wildman–Crippen LogP) is 7.47. The van der Waals surface area contributed by atoms with E-state index in [2.05, 4.69) is 27.0 Å². The van der Waals surface area contributed by atoms with Crippen LogP contribution in [0.15, 0.2) is 59.5 Å². The maximum atomic E-state index is 15.3. The number of para-hydroxylation sites is 1. The van der Waals surface area contributed by atoms with Gasteiger partial charge in [0, 0.05) is 22.9 Å². The Morgan fingerprint density at radius 1 is 1.06 bits per heavy atom. The molecule has 1 atom stereocenters. The average molecular weight is 493 g/mol. The SMILES string of the molecule is C/C=S(/CC)c1ccc(Cc2nc3c(F)c(-c4ccccc4OC(F)(F)F)c(F)cc3[nH]2)cc1. The standard InChI is InChI=1S/C25H21F5N2OS/c1-3-34(4-2)16-11-9-15(10-12-16)13-21-31-19-14-18(26)22(23(27)24(19)32-21)17-7-5-6-8-20(17)33-25(28,29)30/h3,5-12,14H,4,13H2,1-2H3,(H,31,32). The van der Waals surface area contributed by atoms with Gasteiger partial charge < -0.3 is 9.72 Å². The number of rotatable bonds is 6. The van der Waals surface area contributed by atoms with Crippen LogP contribution in [-0.2, 0) is 6.42 Å². The molecule has 0 spiro atoms. The lowest BCUT2D eigenvalue weighted by atomic mass is 10.0. The molecule has 1 N–H and O–H groups in total. The maximum absolute atomic E-state index is 15.3. The number of ether oxygens (including phenoxy) is 1. The van der Waals surface area contributed by atoms with Crippen molar-refractivity contribution in [2.45, 2.75) is 31.5 Å². The quantitative estimate of drug-likeness (QED) is 0.224. The van der Waals surface area contributed by atoms with Gasteiger partial charge in [-0.25, -0.2) is 13.8 Å². The Balaban J connectivity index is 1.70. The van der Waals surface area contributed by atoms with Crippen molar-refractivity contribution in [1.82, 2.24) is 9.97 Å². The van der Waals surface area contributed by atoms with E-state index in [0.29, 0.717) is 12.2 Å². The molecule has 1 heterocycles. The highest BCUT2D eigenvalue weighted by Gasteiger charge is 2.33. The molecule has 3 nitrogen and oxygen atoms in total. The summed E-state index contributed by atoms with van der Waals surface area (Å²) in [7, 11) is 0.0755. The monoisotopic (exact) mass is 492 g/mol. The molecular formula is C25H21F5N2OS. The highest BCUT2D eigenvalue weighted by Crippen LogP contribution is 2.38. The number of H-pyrrole nitrogens is 1. The molecule has 0 aliphatic rings. The number of benzene rings is 3. The van der Waals surface area contributed by atoms with Crippen LogP contribution in [0.5, 0.6) is 5.75 Å². The summed E-state index contributed by atoms with van der Waals surface area (Å²) in [5, 5.41) is 2.17. The van der Waals surface area contributed by atoms with E-state index in [1.54, 1.807) is 0 Å². The third-order valence-electron chi connectivity index (χ3n) is 5.29. The number of nitrogens with zero attached hydrogens (tertiary/aromatic N) is 1. The van der Waals surface area contributed by atoms with Gasteiger partial charge >= 0.3 is 6.36 Å². The Kier molecular flexibility index (Phi) is 6.74. The van der Waals surface area contributed by atoms with E-state index in [1.165, 1.54) is 23.1 Å². The summed E-state index contributed by atoms with van der Waals surface area (Å²) in [6.45, 7) is 4.16. The van der Waals surface area contributed by atoms with Crippen molar-refractivity contribution in [3.63, 3.8) is 0 Å². The van der Waals surface area contributed by atoms with Gasteiger partial charge in [-0.2, -0.15) is 10.5 Å². The molecule has 1 aromatic heterocycles. The number of nitrogens with one attached hydrogen (secondary N) is 1. The lowest BCUT2D eigenvalue weighted by Gasteiger charge is -2.14. The smallest absolute Gasteiger partial charge is 0.405 e. The highest BCUT2D eigenvalue weighted by atomic mass is 32.2. The van der Waals surface area contributed by atoms with Crippen molar-refractivity contribution in [1.29, 1.82) is 0 Å². The van der Waals surface area contributed by atoms with Crippen molar-refractivity contribution in [3.05, 3.63) is 77.6 Å². The predicted molar refractivity (Wildman–Crippen MR) is 126 cm³/mol. The van der Waals surface area contributed by atoms with E-state index in [-0.39, 0.29) is 27.1 Å². The second-order valence-corrected chi connectivity index (χ2v) is 9.82. The molecule has 4 aromatic rings. The van der Waals surface area contributed by atoms with Crippen LogP contribution in [0, 0.1) is 11.6 Å². The molecule has 9 heteroatoms. The molecule has 3 aromatic carbocycles. The zero-order valence-corrected chi connectivity index (χ0v) is 19.2. The summed E-state index contributed by atoms with van der Waals surface area (Å²) in [5.41, 5.74) is -0.0812. The van der Waals surface area contributed by atoms with Gasteiger partial charge in [-0.3, -0.25) is 0 Å². The molecule has 34 heavy (non-hydrogen) atoms. The molecule has 0 saturated heterocycles. The fourth-order valence-corrected chi connectivity index (χ4v) is 5.22. The summed E-state index contributed by atoms with van der Waals surface area (Å²) >= 11 is 0. The normalized spacial score (nSPS) is 12.9.